The second-order valence-corrected chi connectivity index (χ2v) is 7.77. The van der Waals surface area contributed by atoms with Crippen LogP contribution in [0.25, 0.3) is 0 Å². The van der Waals surface area contributed by atoms with Gasteiger partial charge in [0.05, 0.1) is 20.9 Å². The summed E-state index contributed by atoms with van der Waals surface area (Å²) < 4.78 is 0.674. The van der Waals surface area contributed by atoms with E-state index < -0.39 is 30.2 Å². The minimum Gasteiger partial charge on any atom is -0.545 e. The van der Waals surface area contributed by atoms with Gasteiger partial charge in [-0.3, -0.25) is 9.59 Å². The third kappa shape index (κ3) is 5.61. The molecular formula is C12H10I3N2O7-. The van der Waals surface area contributed by atoms with Crippen molar-refractivity contribution in [2.75, 3.05) is 10.6 Å². The Bertz CT molecular complexity index is 716. The largest absolute Gasteiger partial charge is 0.545 e. The summed E-state index contributed by atoms with van der Waals surface area (Å²) in [5, 5.41) is 42.7. The van der Waals surface area contributed by atoms with E-state index in [-0.39, 0.29) is 24.1 Å². The van der Waals surface area contributed by atoms with E-state index in [1.807, 2.05) is 0 Å². The lowest BCUT2D eigenvalue weighted by Gasteiger charge is -2.21. The topological polar surface area (TPSA) is 159 Å². The summed E-state index contributed by atoms with van der Waals surface area (Å²) in [6.45, 7) is 1.23. The maximum absolute atomic E-state index is 11.8. The molecule has 24 heavy (non-hydrogen) atoms. The van der Waals surface area contributed by atoms with Crippen molar-refractivity contribution in [3.63, 3.8) is 0 Å². The molecule has 1 rings (SSSR count). The lowest BCUT2D eigenvalue weighted by Crippen LogP contribution is -2.33. The number of aliphatic hydroxyl groups is 3. The molecule has 0 atom stereocenters. The summed E-state index contributed by atoms with van der Waals surface area (Å²) in [6.07, 6.45) is -1.05. The van der Waals surface area contributed by atoms with Crippen molar-refractivity contribution in [3.05, 3.63) is 16.3 Å². The van der Waals surface area contributed by atoms with Crippen LogP contribution in [0.5, 0.6) is 0 Å². The number of aromatic carboxylic acids is 1. The highest BCUT2D eigenvalue weighted by Gasteiger charge is 2.27. The first kappa shape index (κ1) is 21.7. The second-order valence-electron chi connectivity index (χ2n) is 4.53. The van der Waals surface area contributed by atoms with Gasteiger partial charge in [0.1, 0.15) is 6.42 Å². The summed E-state index contributed by atoms with van der Waals surface area (Å²) in [5.41, 5.74) is -0.0328. The Hall–Kier alpha value is -0.300. The molecule has 9 nitrogen and oxygen atoms in total. The normalized spacial score (nSPS) is 11.1. The molecule has 0 fully saturated rings. The van der Waals surface area contributed by atoms with E-state index in [2.05, 4.69) is 10.6 Å². The monoisotopic (exact) mass is 675 g/mol. The van der Waals surface area contributed by atoms with Crippen molar-refractivity contribution in [2.45, 2.75) is 19.3 Å². The molecule has 0 bridgehead atoms. The maximum Gasteiger partial charge on any atom is 0.284 e. The van der Waals surface area contributed by atoms with Crippen LogP contribution in [-0.2, 0) is 9.59 Å². The number of anilines is 2. The first-order valence-corrected chi connectivity index (χ1v) is 9.25. The number of hydrogen-bond acceptors (Lipinski definition) is 7. The first-order chi connectivity index (χ1) is 10.8. The smallest absolute Gasteiger partial charge is 0.284 e. The zero-order valence-electron chi connectivity index (χ0n) is 11.8. The number of halogens is 3. The lowest BCUT2D eigenvalue weighted by molar-refractivity contribution is -0.309. The average molecular weight is 675 g/mol. The van der Waals surface area contributed by atoms with Crippen LogP contribution in [0.1, 0.15) is 23.7 Å². The van der Waals surface area contributed by atoms with E-state index in [4.69, 9.17) is 15.3 Å². The first-order valence-electron chi connectivity index (χ1n) is 6.01. The van der Waals surface area contributed by atoms with Gasteiger partial charge in [0, 0.05) is 19.6 Å². The van der Waals surface area contributed by atoms with E-state index in [1.54, 1.807) is 67.8 Å². The molecule has 12 heteroatoms. The molecule has 132 valence electrons. The van der Waals surface area contributed by atoms with Crippen LogP contribution in [0.3, 0.4) is 0 Å². The van der Waals surface area contributed by atoms with Gasteiger partial charge in [0.15, 0.2) is 0 Å². The Kier molecular flexibility index (Phi) is 7.60. The Morgan fingerprint density at radius 3 is 1.83 bits per heavy atom. The predicted octanol–water partition coefficient (Wildman–Crippen LogP) is -0.218. The molecule has 0 saturated carbocycles. The second kappa shape index (κ2) is 8.39. The summed E-state index contributed by atoms with van der Waals surface area (Å²) in [7, 11) is 0. The minimum atomic E-state index is -3.21. The Morgan fingerprint density at radius 1 is 1.00 bits per heavy atom. The minimum absolute atomic E-state index is 0.0359. The number of rotatable bonds is 5. The molecule has 0 aliphatic carbocycles. The van der Waals surface area contributed by atoms with Gasteiger partial charge in [-0.2, -0.15) is 0 Å². The van der Waals surface area contributed by atoms with E-state index >= 15 is 0 Å². The number of carboxylic acid groups (broad SMARTS) is 1. The van der Waals surface area contributed by atoms with Crippen LogP contribution >= 0.6 is 67.8 Å². The predicted molar refractivity (Wildman–Crippen MR) is 106 cm³/mol. The number of hydrogen-bond donors (Lipinski definition) is 5. The van der Waals surface area contributed by atoms with E-state index in [9.17, 15) is 19.5 Å². The van der Waals surface area contributed by atoms with Crippen LogP contribution in [0, 0.1) is 10.7 Å². The number of benzene rings is 1. The third-order valence-electron chi connectivity index (χ3n) is 2.48. The number of amides is 2. The van der Waals surface area contributed by atoms with Gasteiger partial charge in [-0.1, -0.05) is 0 Å². The molecule has 5 N–H and O–H groups in total. The number of carboxylic acids is 1. The Labute approximate surface area is 176 Å². The van der Waals surface area contributed by atoms with Crippen LogP contribution in [-0.4, -0.2) is 39.1 Å². The zero-order valence-corrected chi connectivity index (χ0v) is 18.3. The molecule has 0 aliphatic heterocycles. The van der Waals surface area contributed by atoms with Gasteiger partial charge in [0.25, 0.3) is 5.97 Å². The molecular weight excluding hydrogens is 665 g/mol. The molecule has 0 saturated heterocycles. The van der Waals surface area contributed by atoms with Gasteiger partial charge in [-0.05, 0) is 67.8 Å². The molecule has 1 aromatic carbocycles. The van der Waals surface area contributed by atoms with Crippen LogP contribution < -0.4 is 15.7 Å². The highest BCUT2D eigenvalue weighted by molar-refractivity contribution is 14.1. The lowest BCUT2D eigenvalue weighted by atomic mass is 10.1. The molecule has 2 amide bonds. The SMILES string of the molecule is CC(=O)Nc1c(I)c(NC(=O)CC(O)(O)O)c(I)c(C(=O)[O-])c1I. The van der Waals surface area contributed by atoms with Gasteiger partial charge >= 0.3 is 0 Å². The number of nitrogens with one attached hydrogen (secondary N) is 2. The maximum atomic E-state index is 11.8. The van der Waals surface area contributed by atoms with Gasteiger partial charge in [-0.25, -0.2) is 0 Å². The van der Waals surface area contributed by atoms with Crippen molar-refractivity contribution in [3.8, 4) is 0 Å². The van der Waals surface area contributed by atoms with E-state index in [0.717, 1.165) is 0 Å². The molecule has 0 spiro atoms. The van der Waals surface area contributed by atoms with Gasteiger partial charge in [0.2, 0.25) is 11.8 Å². The Balaban J connectivity index is 3.48. The highest BCUT2D eigenvalue weighted by atomic mass is 127. The summed E-state index contributed by atoms with van der Waals surface area (Å²) in [6, 6.07) is 0. The molecule has 0 aromatic heterocycles. The molecule has 0 radical (unpaired) electrons. The fraction of sp³-hybridized carbons (Fsp3) is 0.250. The van der Waals surface area contributed by atoms with Crippen molar-refractivity contribution < 1.29 is 34.8 Å². The van der Waals surface area contributed by atoms with Crippen LogP contribution in [0.15, 0.2) is 0 Å². The van der Waals surface area contributed by atoms with E-state index in [0.29, 0.717) is 3.57 Å². The molecule has 0 aliphatic rings. The Morgan fingerprint density at radius 2 is 1.46 bits per heavy atom. The van der Waals surface area contributed by atoms with E-state index in [1.165, 1.54) is 6.92 Å². The van der Waals surface area contributed by atoms with Gasteiger partial charge in [-0.15, -0.1) is 0 Å². The molecule has 0 unspecified atom stereocenters. The highest BCUT2D eigenvalue weighted by Crippen LogP contribution is 2.38. The average Bonchev–Trinajstić information content (AvgIpc) is 2.37. The summed E-state index contributed by atoms with van der Waals surface area (Å²) >= 11 is 5.21. The fourth-order valence-electron chi connectivity index (χ4n) is 1.64. The zero-order chi connectivity index (χ0) is 18.8. The third-order valence-corrected chi connectivity index (χ3v) is 5.72. The molecule has 1 aromatic rings. The van der Waals surface area contributed by atoms with Crippen molar-refractivity contribution >= 4 is 96.9 Å². The quantitative estimate of drug-likeness (QED) is 0.214. The van der Waals surface area contributed by atoms with Crippen LogP contribution in [0.2, 0.25) is 0 Å². The summed E-state index contributed by atoms with van der Waals surface area (Å²) in [4.78, 5) is 34.5. The van der Waals surface area contributed by atoms with Crippen molar-refractivity contribution in [1.82, 2.24) is 0 Å². The van der Waals surface area contributed by atoms with Gasteiger partial charge < -0.3 is 35.9 Å². The van der Waals surface area contributed by atoms with Crippen LogP contribution in [0.4, 0.5) is 11.4 Å². The standard InChI is InChI=1S/C12H11I3N2O7/c1-3(18)16-9-6(13)5(11(20)21)7(14)10(8(9)15)17-4(19)2-12(22,23)24/h22-24H,2H2,1H3,(H,16,18)(H,17,19)(H,20,21)/p-1. The van der Waals surface area contributed by atoms with Crippen molar-refractivity contribution in [2.24, 2.45) is 0 Å². The number of carbonyl (C=O) groups excluding carboxylic acids is 3. The number of carbonyl (C=O) groups is 3. The summed E-state index contributed by atoms with van der Waals surface area (Å²) in [5.74, 6) is -6.14. The fourth-order valence-corrected chi connectivity index (χ4v) is 5.78. The molecule has 0 heterocycles. The van der Waals surface area contributed by atoms with Crippen molar-refractivity contribution in [1.29, 1.82) is 0 Å².